The molecule has 0 unspecified atom stereocenters. The molecular formula is C18H15N3O2S2. The molecule has 2 heterocycles. The molecule has 0 fully saturated rings. The van der Waals surface area contributed by atoms with Crippen LogP contribution in [0.3, 0.4) is 0 Å². The predicted octanol–water partition coefficient (Wildman–Crippen LogP) is 4.37. The largest absolute Gasteiger partial charge is 0.364 e. The number of carbonyl (C=O) groups is 1. The molecular weight excluding hydrogens is 354 g/mol. The molecule has 0 saturated carbocycles. The summed E-state index contributed by atoms with van der Waals surface area (Å²) >= 11 is 3.04. The zero-order valence-corrected chi connectivity index (χ0v) is 15.1. The Labute approximate surface area is 152 Å². The van der Waals surface area contributed by atoms with Crippen LogP contribution in [0.1, 0.15) is 10.6 Å². The van der Waals surface area contributed by atoms with E-state index in [0.29, 0.717) is 11.7 Å². The van der Waals surface area contributed by atoms with Crippen LogP contribution in [0.25, 0.3) is 20.4 Å². The Bertz CT molecular complexity index is 1020. The monoisotopic (exact) mass is 369 g/mol. The Balaban J connectivity index is 1.34. The van der Waals surface area contributed by atoms with E-state index < -0.39 is 0 Å². The summed E-state index contributed by atoms with van der Waals surface area (Å²) < 4.78 is 7.68. The molecule has 126 valence electrons. The summed E-state index contributed by atoms with van der Waals surface area (Å²) in [7, 11) is 0. The fraction of sp³-hybridized carbons (Fsp3) is 0.167. The van der Waals surface area contributed by atoms with Gasteiger partial charge in [-0.2, -0.15) is 0 Å². The van der Waals surface area contributed by atoms with Crippen LogP contribution < -0.4 is 5.32 Å². The van der Waals surface area contributed by atoms with E-state index in [4.69, 9.17) is 4.74 Å². The quantitative estimate of drug-likeness (QED) is 0.567. The SMILES string of the molecule is Cc1cccc2sc(NC(=O)COCc3nc4ccccc4s3)nc12. The van der Waals surface area contributed by atoms with Crippen molar-refractivity contribution < 1.29 is 9.53 Å². The molecule has 7 heteroatoms. The van der Waals surface area contributed by atoms with Gasteiger partial charge in [0, 0.05) is 0 Å². The van der Waals surface area contributed by atoms with Crippen molar-refractivity contribution in [2.45, 2.75) is 13.5 Å². The topological polar surface area (TPSA) is 64.1 Å². The van der Waals surface area contributed by atoms with Crippen LogP contribution >= 0.6 is 22.7 Å². The molecule has 0 aliphatic carbocycles. The summed E-state index contributed by atoms with van der Waals surface area (Å²) in [5.74, 6) is -0.210. The van der Waals surface area contributed by atoms with E-state index in [1.54, 1.807) is 11.3 Å². The Morgan fingerprint density at radius 2 is 1.92 bits per heavy atom. The smallest absolute Gasteiger partial charge is 0.252 e. The van der Waals surface area contributed by atoms with Crippen LogP contribution in [0.2, 0.25) is 0 Å². The van der Waals surface area contributed by atoms with E-state index in [2.05, 4.69) is 15.3 Å². The average Bonchev–Trinajstić information content (AvgIpc) is 3.18. The number of fused-ring (bicyclic) bond motifs is 2. The van der Waals surface area contributed by atoms with Gasteiger partial charge in [-0.25, -0.2) is 9.97 Å². The van der Waals surface area contributed by atoms with Gasteiger partial charge < -0.3 is 4.74 Å². The number of benzene rings is 2. The van der Waals surface area contributed by atoms with Gasteiger partial charge in [0.1, 0.15) is 11.6 Å². The standard InChI is InChI=1S/C18H15N3O2S2/c1-11-5-4-8-14-17(11)21-18(25-14)20-15(22)9-23-10-16-19-12-6-2-3-7-13(12)24-16/h2-8H,9-10H2,1H3,(H,20,21,22). The number of aromatic nitrogens is 2. The first-order valence-corrected chi connectivity index (χ1v) is 9.40. The number of aryl methyl sites for hydroxylation is 1. The lowest BCUT2D eigenvalue weighted by molar-refractivity contribution is -0.121. The lowest BCUT2D eigenvalue weighted by atomic mass is 10.2. The van der Waals surface area contributed by atoms with Gasteiger partial charge in [0.2, 0.25) is 0 Å². The van der Waals surface area contributed by atoms with Gasteiger partial charge >= 0.3 is 0 Å². The maximum atomic E-state index is 12.1. The molecule has 1 N–H and O–H groups in total. The Hall–Kier alpha value is -2.35. The Kier molecular flexibility index (Phi) is 4.44. The number of ether oxygens (including phenoxy) is 1. The van der Waals surface area contributed by atoms with Crippen LogP contribution in [0.4, 0.5) is 5.13 Å². The number of hydrogen-bond donors (Lipinski definition) is 1. The highest BCUT2D eigenvalue weighted by atomic mass is 32.1. The van der Waals surface area contributed by atoms with E-state index in [1.165, 1.54) is 11.3 Å². The maximum Gasteiger partial charge on any atom is 0.252 e. The van der Waals surface area contributed by atoms with Gasteiger partial charge in [-0.15, -0.1) is 11.3 Å². The third-order valence-electron chi connectivity index (χ3n) is 3.66. The molecule has 2 aromatic heterocycles. The fourth-order valence-corrected chi connectivity index (χ4v) is 4.37. The molecule has 0 atom stereocenters. The van der Waals surface area contributed by atoms with Crippen molar-refractivity contribution in [3.8, 4) is 0 Å². The summed E-state index contributed by atoms with van der Waals surface area (Å²) in [6.07, 6.45) is 0. The molecule has 5 nitrogen and oxygen atoms in total. The molecule has 2 aromatic carbocycles. The van der Waals surface area contributed by atoms with Crippen LogP contribution in [0, 0.1) is 6.92 Å². The third kappa shape index (κ3) is 3.53. The minimum absolute atomic E-state index is 0.0230. The molecule has 0 aliphatic rings. The van der Waals surface area contributed by atoms with Gasteiger partial charge in [-0.3, -0.25) is 10.1 Å². The molecule has 1 amide bonds. The first-order valence-electron chi connectivity index (χ1n) is 7.77. The van der Waals surface area contributed by atoms with E-state index in [1.807, 2.05) is 49.4 Å². The molecule has 25 heavy (non-hydrogen) atoms. The van der Waals surface area contributed by atoms with Gasteiger partial charge in [0.15, 0.2) is 5.13 Å². The first-order chi connectivity index (χ1) is 12.2. The third-order valence-corrected chi connectivity index (χ3v) is 5.61. The summed E-state index contributed by atoms with van der Waals surface area (Å²) in [5, 5.41) is 4.26. The highest BCUT2D eigenvalue weighted by Crippen LogP contribution is 2.27. The van der Waals surface area contributed by atoms with E-state index in [-0.39, 0.29) is 12.5 Å². The highest BCUT2D eigenvalue weighted by molar-refractivity contribution is 7.22. The predicted molar refractivity (Wildman–Crippen MR) is 102 cm³/mol. The molecule has 0 bridgehead atoms. The first kappa shape index (κ1) is 16.1. The van der Waals surface area contributed by atoms with Crippen molar-refractivity contribution >= 4 is 54.1 Å². The minimum atomic E-state index is -0.210. The second kappa shape index (κ2) is 6.87. The molecule has 0 radical (unpaired) electrons. The second-order valence-corrected chi connectivity index (χ2v) is 7.70. The lowest BCUT2D eigenvalue weighted by Crippen LogP contribution is -2.18. The van der Waals surface area contributed by atoms with Gasteiger partial charge in [0.25, 0.3) is 5.91 Å². The number of anilines is 1. The highest BCUT2D eigenvalue weighted by Gasteiger charge is 2.10. The number of amides is 1. The molecule has 0 aliphatic heterocycles. The van der Waals surface area contributed by atoms with Crippen LogP contribution in [-0.4, -0.2) is 22.5 Å². The Morgan fingerprint density at radius 3 is 2.76 bits per heavy atom. The van der Waals surface area contributed by atoms with Crippen molar-refractivity contribution in [1.82, 2.24) is 9.97 Å². The minimum Gasteiger partial charge on any atom is -0.364 e. The summed E-state index contributed by atoms with van der Waals surface area (Å²) in [6.45, 7) is 2.31. The van der Waals surface area contributed by atoms with Crippen molar-refractivity contribution in [2.24, 2.45) is 0 Å². The number of carbonyl (C=O) groups excluding carboxylic acids is 1. The second-order valence-electron chi connectivity index (χ2n) is 5.56. The van der Waals surface area contributed by atoms with E-state index in [9.17, 15) is 4.79 Å². The van der Waals surface area contributed by atoms with Gasteiger partial charge in [-0.05, 0) is 30.7 Å². The zero-order valence-electron chi connectivity index (χ0n) is 13.5. The molecule has 4 rings (SSSR count). The number of thiazole rings is 2. The van der Waals surface area contributed by atoms with E-state index in [0.717, 1.165) is 31.0 Å². The fourth-order valence-electron chi connectivity index (χ4n) is 2.51. The number of hydrogen-bond acceptors (Lipinski definition) is 6. The van der Waals surface area contributed by atoms with Crippen molar-refractivity contribution in [3.05, 3.63) is 53.0 Å². The van der Waals surface area contributed by atoms with Crippen molar-refractivity contribution in [3.63, 3.8) is 0 Å². The maximum absolute atomic E-state index is 12.1. The van der Waals surface area contributed by atoms with Crippen LogP contribution in [0.15, 0.2) is 42.5 Å². The number of nitrogens with zero attached hydrogens (tertiary/aromatic N) is 2. The molecule has 0 saturated heterocycles. The molecule has 4 aromatic rings. The van der Waals surface area contributed by atoms with Crippen LogP contribution in [-0.2, 0) is 16.1 Å². The summed E-state index contributed by atoms with van der Waals surface area (Å²) in [5.41, 5.74) is 2.99. The normalized spacial score (nSPS) is 11.2. The summed E-state index contributed by atoms with van der Waals surface area (Å²) in [4.78, 5) is 21.0. The van der Waals surface area contributed by atoms with Crippen molar-refractivity contribution in [2.75, 3.05) is 11.9 Å². The average molecular weight is 369 g/mol. The van der Waals surface area contributed by atoms with E-state index >= 15 is 0 Å². The number of nitrogens with one attached hydrogen (secondary N) is 1. The molecule has 0 spiro atoms. The number of para-hydroxylation sites is 2. The van der Waals surface area contributed by atoms with Gasteiger partial charge in [-0.1, -0.05) is 35.6 Å². The zero-order chi connectivity index (χ0) is 17.2. The van der Waals surface area contributed by atoms with Crippen molar-refractivity contribution in [1.29, 1.82) is 0 Å². The van der Waals surface area contributed by atoms with Crippen LogP contribution in [0.5, 0.6) is 0 Å². The Morgan fingerprint density at radius 1 is 1.08 bits per heavy atom. The lowest BCUT2D eigenvalue weighted by Gasteiger charge is -2.02. The van der Waals surface area contributed by atoms with Gasteiger partial charge in [0.05, 0.1) is 27.0 Å². The summed E-state index contributed by atoms with van der Waals surface area (Å²) in [6, 6.07) is 13.9. The number of rotatable bonds is 5.